The lowest BCUT2D eigenvalue weighted by molar-refractivity contribution is 0.0983. The van der Waals surface area contributed by atoms with Gasteiger partial charge < -0.3 is 0 Å². The summed E-state index contributed by atoms with van der Waals surface area (Å²) in [5.41, 5.74) is 0.806. The second kappa shape index (κ2) is 4.30. The fourth-order valence-corrected chi connectivity index (χ4v) is 7.84. The molecule has 0 saturated heterocycles. The Bertz CT molecular complexity index is 934. The van der Waals surface area contributed by atoms with E-state index >= 15 is 0 Å². The summed E-state index contributed by atoms with van der Waals surface area (Å²) in [6.45, 7) is 1.81. The highest BCUT2D eigenvalue weighted by atomic mass is 79.9. The van der Waals surface area contributed by atoms with Gasteiger partial charge in [-0.15, -0.1) is 34.0 Å². The van der Waals surface area contributed by atoms with E-state index in [-0.39, 0.29) is 11.6 Å². The number of carbonyl (C=O) groups is 2. The minimum atomic E-state index is -0.142. The van der Waals surface area contributed by atoms with Crippen molar-refractivity contribution in [3.05, 3.63) is 33.6 Å². The number of aryl methyl sites for hydroxylation is 1. The molecule has 3 nitrogen and oxygen atoms in total. The van der Waals surface area contributed by atoms with Crippen LogP contribution in [0.5, 0.6) is 0 Å². The van der Waals surface area contributed by atoms with Gasteiger partial charge in [0.1, 0.15) is 10.6 Å². The Labute approximate surface area is 141 Å². The molecule has 0 fully saturated rings. The van der Waals surface area contributed by atoms with Gasteiger partial charge in [-0.05, 0) is 38.8 Å². The Morgan fingerprint density at radius 2 is 1.70 bits per heavy atom. The molecule has 1 aliphatic carbocycles. The molecule has 20 heavy (non-hydrogen) atoms. The van der Waals surface area contributed by atoms with E-state index in [9.17, 15) is 9.59 Å². The third-order valence-electron chi connectivity index (χ3n) is 3.05. The molecule has 0 saturated carbocycles. The van der Waals surface area contributed by atoms with Crippen LogP contribution in [0.2, 0.25) is 0 Å². The molecule has 0 aromatic carbocycles. The monoisotopic (exact) mass is 447 g/mol. The average Bonchev–Trinajstić information content (AvgIpc) is 3.02. The lowest BCUT2D eigenvalue weighted by atomic mass is 9.97. The Balaban J connectivity index is 2.14. The number of carbonyl (C=O) groups excluding carboxylic acids is 2. The molecule has 0 radical (unpaired) electrons. The molecule has 4 rings (SSSR count). The zero-order chi connectivity index (χ0) is 14.2. The van der Waals surface area contributed by atoms with Gasteiger partial charge in [-0.3, -0.25) is 9.59 Å². The van der Waals surface area contributed by atoms with Crippen LogP contribution >= 0.6 is 65.9 Å². The summed E-state index contributed by atoms with van der Waals surface area (Å²) in [4.78, 5) is 30.5. The fourth-order valence-electron chi connectivity index (χ4n) is 2.27. The predicted molar refractivity (Wildman–Crippen MR) is 88.8 cm³/mol. The first kappa shape index (κ1) is 13.3. The SMILES string of the molecule is Cc1nc2c(s1)C(=O)c1sc3c(Br)sc(Br)c3c1C2=O. The van der Waals surface area contributed by atoms with E-state index in [2.05, 4.69) is 36.8 Å². The van der Waals surface area contributed by atoms with Gasteiger partial charge >= 0.3 is 0 Å². The van der Waals surface area contributed by atoms with Crippen LogP contribution in [0, 0.1) is 6.92 Å². The Morgan fingerprint density at radius 3 is 2.45 bits per heavy atom. The van der Waals surface area contributed by atoms with Gasteiger partial charge in [-0.25, -0.2) is 4.98 Å². The van der Waals surface area contributed by atoms with Gasteiger partial charge in [0, 0.05) is 5.39 Å². The summed E-state index contributed by atoms with van der Waals surface area (Å²) >= 11 is 11.1. The van der Waals surface area contributed by atoms with Crippen LogP contribution in [0.25, 0.3) is 10.1 Å². The zero-order valence-corrected chi connectivity index (χ0v) is 15.4. The van der Waals surface area contributed by atoms with Crippen molar-refractivity contribution in [1.82, 2.24) is 4.98 Å². The molecule has 1 aliphatic rings. The highest BCUT2D eigenvalue weighted by molar-refractivity contribution is 9.12. The molecule has 0 bridgehead atoms. The third-order valence-corrected chi connectivity index (χ3v) is 8.15. The maximum atomic E-state index is 12.7. The predicted octanol–water partition coefficient (Wildman–Crippen LogP) is 5.03. The van der Waals surface area contributed by atoms with Crippen LogP contribution in [0.15, 0.2) is 7.57 Å². The van der Waals surface area contributed by atoms with Crippen molar-refractivity contribution in [2.24, 2.45) is 0 Å². The lowest BCUT2D eigenvalue weighted by Crippen LogP contribution is -2.17. The molecule has 8 heteroatoms. The molecule has 3 aromatic rings. The summed E-state index contributed by atoms with van der Waals surface area (Å²) < 4.78 is 2.75. The van der Waals surface area contributed by atoms with E-state index < -0.39 is 0 Å². The number of rotatable bonds is 0. The molecular formula is C12H3Br2NO2S3. The Morgan fingerprint density at radius 1 is 0.950 bits per heavy atom. The zero-order valence-electron chi connectivity index (χ0n) is 9.74. The lowest BCUT2D eigenvalue weighted by Gasteiger charge is -2.08. The molecular weight excluding hydrogens is 446 g/mol. The molecule has 3 aromatic heterocycles. The van der Waals surface area contributed by atoms with Crippen molar-refractivity contribution in [1.29, 1.82) is 0 Å². The molecule has 100 valence electrons. The standard InChI is InChI=1S/C12H3Br2NO2S3/c1-2-15-5-6(16)3-4-9(12(14)20-11(4)13)19-8(3)7(17)10(5)18-2/h1H3. The molecule has 0 amide bonds. The van der Waals surface area contributed by atoms with Crippen molar-refractivity contribution >= 4 is 87.5 Å². The normalized spacial score (nSPS) is 13.9. The fraction of sp³-hybridized carbons (Fsp3) is 0.0833. The minimum absolute atomic E-state index is 0.0785. The van der Waals surface area contributed by atoms with Gasteiger partial charge in [0.25, 0.3) is 0 Å². The highest BCUT2D eigenvalue weighted by Crippen LogP contribution is 2.49. The number of fused-ring (bicyclic) bond motifs is 4. The maximum absolute atomic E-state index is 12.7. The van der Waals surface area contributed by atoms with E-state index in [1.54, 1.807) is 0 Å². The van der Waals surface area contributed by atoms with E-state index in [1.165, 1.54) is 34.0 Å². The summed E-state index contributed by atoms with van der Waals surface area (Å²) in [6.07, 6.45) is 0. The second-order valence-electron chi connectivity index (χ2n) is 4.23. The first-order chi connectivity index (χ1) is 9.49. The molecule has 0 spiro atoms. The largest absolute Gasteiger partial charge is 0.287 e. The topological polar surface area (TPSA) is 47.0 Å². The number of hydrogen-bond acceptors (Lipinski definition) is 6. The molecule has 3 heterocycles. The quantitative estimate of drug-likeness (QED) is 0.379. The first-order valence-electron chi connectivity index (χ1n) is 5.46. The number of aromatic nitrogens is 1. The number of thiazole rings is 1. The van der Waals surface area contributed by atoms with Crippen LogP contribution in [0.4, 0.5) is 0 Å². The van der Waals surface area contributed by atoms with E-state index in [0.717, 1.165) is 22.7 Å². The van der Waals surface area contributed by atoms with Gasteiger partial charge in [0.05, 0.1) is 27.7 Å². The number of hydrogen-bond donors (Lipinski definition) is 0. The Hall–Kier alpha value is -0.410. The van der Waals surface area contributed by atoms with Crippen LogP contribution in [0.1, 0.15) is 35.6 Å². The third kappa shape index (κ3) is 1.57. The van der Waals surface area contributed by atoms with Crippen molar-refractivity contribution in [3.63, 3.8) is 0 Å². The summed E-state index contributed by atoms with van der Waals surface area (Å²) in [6, 6.07) is 0. The number of thiophene rings is 2. The van der Waals surface area contributed by atoms with Crippen LogP contribution in [0.3, 0.4) is 0 Å². The smallest absolute Gasteiger partial charge is 0.216 e. The van der Waals surface area contributed by atoms with Gasteiger partial charge in [0.2, 0.25) is 11.6 Å². The molecule has 0 atom stereocenters. The summed E-state index contributed by atoms with van der Waals surface area (Å²) in [5.74, 6) is -0.221. The summed E-state index contributed by atoms with van der Waals surface area (Å²) in [5, 5.41) is 1.57. The average molecular weight is 449 g/mol. The molecule has 0 aliphatic heterocycles. The van der Waals surface area contributed by atoms with Crippen molar-refractivity contribution in [2.75, 3.05) is 0 Å². The Kier molecular flexibility index (Phi) is 2.85. The van der Waals surface area contributed by atoms with Gasteiger partial charge in [-0.2, -0.15) is 0 Å². The number of ketones is 2. The minimum Gasteiger partial charge on any atom is -0.287 e. The number of halogens is 2. The molecule has 0 N–H and O–H groups in total. The van der Waals surface area contributed by atoms with Crippen molar-refractivity contribution in [2.45, 2.75) is 6.92 Å². The number of nitrogens with zero attached hydrogens (tertiary/aromatic N) is 1. The van der Waals surface area contributed by atoms with E-state index in [0.29, 0.717) is 21.0 Å². The van der Waals surface area contributed by atoms with Crippen LogP contribution in [-0.4, -0.2) is 16.6 Å². The van der Waals surface area contributed by atoms with Crippen LogP contribution in [-0.2, 0) is 0 Å². The second-order valence-corrected chi connectivity index (χ2v) is 10.1. The highest BCUT2D eigenvalue weighted by Gasteiger charge is 2.37. The van der Waals surface area contributed by atoms with Crippen molar-refractivity contribution in [3.8, 4) is 0 Å². The van der Waals surface area contributed by atoms with Gasteiger partial charge in [0.15, 0.2) is 0 Å². The van der Waals surface area contributed by atoms with E-state index in [4.69, 9.17) is 0 Å². The van der Waals surface area contributed by atoms with Crippen LogP contribution < -0.4 is 0 Å². The summed E-state index contributed by atoms with van der Waals surface area (Å²) in [7, 11) is 0. The van der Waals surface area contributed by atoms with E-state index in [1.807, 2.05) is 6.92 Å². The molecule has 0 unspecified atom stereocenters. The van der Waals surface area contributed by atoms with Gasteiger partial charge in [-0.1, -0.05) is 0 Å². The van der Waals surface area contributed by atoms with Crippen molar-refractivity contribution < 1.29 is 9.59 Å². The first-order valence-corrected chi connectivity index (χ1v) is 9.49. The maximum Gasteiger partial charge on any atom is 0.216 e.